The maximum Gasteiger partial charge on any atom is 0.416 e. The number of halogens is 3. The molecule has 6 nitrogen and oxygen atoms in total. The third-order valence-electron chi connectivity index (χ3n) is 8.28. The molecule has 3 aromatic carbocycles. The topological polar surface area (TPSA) is 73.9 Å². The Bertz CT molecular complexity index is 1760. The van der Waals surface area contributed by atoms with Crippen LogP contribution in [0.15, 0.2) is 59.0 Å². The third kappa shape index (κ3) is 7.12. The van der Waals surface area contributed by atoms with Gasteiger partial charge in [-0.1, -0.05) is 23.8 Å². The molecule has 10 heteroatoms. The molecule has 242 valence electrons. The second-order valence-corrected chi connectivity index (χ2v) is 13.1. The molecule has 0 saturated carbocycles. The number of imide groups is 1. The van der Waals surface area contributed by atoms with Crippen molar-refractivity contribution in [2.45, 2.75) is 66.2 Å². The predicted molar refractivity (Wildman–Crippen MR) is 174 cm³/mol. The second-order valence-electron chi connectivity index (χ2n) is 12.1. The van der Waals surface area contributed by atoms with Crippen LogP contribution in [0.3, 0.4) is 0 Å². The molecule has 46 heavy (non-hydrogen) atoms. The number of amides is 2. The van der Waals surface area contributed by atoms with Crippen LogP contribution in [0.25, 0.3) is 17.2 Å². The van der Waals surface area contributed by atoms with Crippen LogP contribution in [0.4, 0.5) is 18.0 Å². The van der Waals surface area contributed by atoms with Gasteiger partial charge in [0, 0.05) is 11.1 Å². The molecule has 0 bridgehead atoms. The maximum absolute atomic E-state index is 13.3. The van der Waals surface area contributed by atoms with E-state index in [0.717, 1.165) is 64.1 Å². The first-order valence-electron chi connectivity index (χ1n) is 14.9. The van der Waals surface area contributed by atoms with E-state index in [2.05, 4.69) is 12.2 Å². The van der Waals surface area contributed by atoms with Gasteiger partial charge in [-0.25, -0.2) is 0 Å². The van der Waals surface area contributed by atoms with Crippen molar-refractivity contribution in [2.75, 3.05) is 13.2 Å². The van der Waals surface area contributed by atoms with Crippen molar-refractivity contribution in [1.82, 2.24) is 5.32 Å². The number of hydrogen-bond acceptors (Lipinski definition) is 6. The summed E-state index contributed by atoms with van der Waals surface area (Å²) in [7, 11) is 0. The Labute approximate surface area is 271 Å². The molecule has 1 fully saturated rings. The smallest absolute Gasteiger partial charge is 0.416 e. The fraction of sp³-hybridized carbons (Fsp3) is 0.333. The van der Waals surface area contributed by atoms with Gasteiger partial charge in [0.2, 0.25) is 0 Å². The fourth-order valence-electron chi connectivity index (χ4n) is 5.52. The van der Waals surface area contributed by atoms with Gasteiger partial charge in [-0.05, 0) is 130 Å². The summed E-state index contributed by atoms with van der Waals surface area (Å²) in [5.41, 5.74) is 5.59. The maximum atomic E-state index is 13.3. The van der Waals surface area contributed by atoms with Crippen molar-refractivity contribution in [3.8, 4) is 28.4 Å². The number of alkyl halides is 3. The molecule has 0 radical (unpaired) electrons. The van der Waals surface area contributed by atoms with Crippen LogP contribution in [0, 0.1) is 20.8 Å². The van der Waals surface area contributed by atoms with Crippen molar-refractivity contribution in [2.24, 2.45) is 0 Å². The summed E-state index contributed by atoms with van der Waals surface area (Å²) >= 11 is 0.789. The Morgan fingerprint density at radius 2 is 1.74 bits per heavy atom. The number of allylic oxidation sites excluding steroid dienone is 1. The van der Waals surface area contributed by atoms with Gasteiger partial charge in [-0.3, -0.25) is 14.9 Å². The molecule has 2 aliphatic rings. The van der Waals surface area contributed by atoms with Crippen LogP contribution in [-0.2, 0) is 17.4 Å². The molecule has 1 atom stereocenters. The number of rotatable bonds is 8. The largest absolute Gasteiger partial charge is 0.489 e. The first-order valence-corrected chi connectivity index (χ1v) is 15.7. The van der Waals surface area contributed by atoms with Crippen LogP contribution in [0.1, 0.15) is 60.6 Å². The highest BCUT2D eigenvalue weighted by Crippen LogP contribution is 2.44. The molecule has 2 heterocycles. The van der Waals surface area contributed by atoms with Crippen molar-refractivity contribution < 1.29 is 37.0 Å². The molecule has 1 saturated heterocycles. The average Bonchev–Trinajstić information content (AvgIpc) is 3.32. The molecular formula is C36H36F3NO5S. The van der Waals surface area contributed by atoms with Gasteiger partial charge in [0.25, 0.3) is 11.1 Å². The monoisotopic (exact) mass is 651 g/mol. The Balaban J connectivity index is 1.43. The number of ether oxygens (including phenoxy) is 3. The van der Waals surface area contributed by atoms with Crippen LogP contribution in [0.2, 0.25) is 0 Å². The number of nitrogens with one attached hydrogen (secondary N) is 1. The van der Waals surface area contributed by atoms with E-state index < -0.39 is 28.5 Å². The Kier molecular flexibility index (Phi) is 9.31. The minimum atomic E-state index is -4.47. The third-order valence-corrected chi connectivity index (χ3v) is 9.09. The lowest BCUT2D eigenvalue weighted by molar-refractivity contribution is -0.137. The summed E-state index contributed by atoms with van der Waals surface area (Å²) in [6.07, 6.45) is 0.581. The summed E-state index contributed by atoms with van der Waals surface area (Å²) in [6, 6.07) is 10.0. The van der Waals surface area contributed by atoms with Gasteiger partial charge < -0.3 is 14.2 Å². The molecule has 0 aromatic heterocycles. The molecule has 1 unspecified atom stereocenters. The minimum absolute atomic E-state index is 0.184. The number of carbonyl (C=O) groups excluding carboxylic acids is 2. The number of carbonyl (C=O) groups is 2. The van der Waals surface area contributed by atoms with E-state index >= 15 is 0 Å². The normalized spacial score (nSPS) is 18.6. The highest BCUT2D eigenvalue weighted by atomic mass is 32.2. The zero-order valence-corrected chi connectivity index (χ0v) is 27.4. The summed E-state index contributed by atoms with van der Waals surface area (Å²) in [4.78, 5) is 24.0. The quantitative estimate of drug-likeness (QED) is 0.194. The van der Waals surface area contributed by atoms with Gasteiger partial charge in [0.15, 0.2) is 0 Å². The Morgan fingerprint density at radius 1 is 1.02 bits per heavy atom. The average molecular weight is 652 g/mol. The fourth-order valence-corrected chi connectivity index (χ4v) is 6.20. The van der Waals surface area contributed by atoms with Crippen molar-refractivity contribution in [3.05, 3.63) is 92.4 Å². The lowest BCUT2D eigenvalue weighted by atomic mass is 9.87. The van der Waals surface area contributed by atoms with E-state index in [1.807, 2.05) is 40.7 Å². The highest BCUT2D eigenvalue weighted by Gasteiger charge is 2.36. The first kappa shape index (κ1) is 33.2. The molecule has 2 amide bonds. The molecular weight excluding hydrogens is 615 g/mol. The minimum Gasteiger partial charge on any atom is -0.489 e. The molecule has 1 N–H and O–H groups in total. The first-order chi connectivity index (χ1) is 21.6. The SMILES string of the molecule is CC(C)=CCOc1c(C)c(C)c2c(c1C)CCC(C)(COc1ccc(C=C3SC(=O)NC3=O)cc1-c1ccc(C(F)(F)F)cc1)O2. The lowest BCUT2D eigenvalue weighted by Gasteiger charge is -2.38. The number of benzene rings is 3. The zero-order chi connectivity index (χ0) is 33.4. The molecule has 2 aliphatic heterocycles. The van der Waals surface area contributed by atoms with E-state index in [1.54, 1.807) is 24.3 Å². The van der Waals surface area contributed by atoms with E-state index in [9.17, 15) is 22.8 Å². The number of hydrogen-bond donors (Lipinski definition) is 1. The van der Waals surface area contributed by atoms with E-state index in [1.165, 1.54) is 17.7 Å². The van der Waals surface area contributed by atoms with E-state index in [4.69, 9.17) is 14.2 Å². The zero-order valence-electron chi connectivity index (χ0n) is 26.6. The molecule has 0 aliphatic carbocycles. The summed E-state index contributed by atoms with van der Waals surface area (Å²) in [5.74, 6) is 1.66. The lowest BCUT2D eigenvalue weighted by Crippen LogP contribution is -2.42. The summed E-state index contributed by atoms with van der Waals surface area (Å²) < 4.78 is 59.1. The van der Waals surface area contributed by atoms with Crippen LogP contribution in [-0.4, -0.2) is 30.0 Å². The van der Waals surface area contributed by atoms with Crippen LogP contribution >= 0.6 is 11.8 Å². The predicted octanol–water partition coefficient (Wildman–Crippen LogP) is 9.13. The van der Waals surface area contributed by atoms with E-state index in [-0.39, 0.29) is 11.5 Å². The van der Waals surface area contributed by atoms with Crippen molar-refractivity contribution >= 4 is 29.0 Å². The number of fused-ring (bicyclic) bond motifs is 1. The van der Waals surface area contributed by atoms with Gasteiger partial charge >= 0.3 is 6.18 Å². The summed E-state index contributed by atoms with van der Waals surface area (Å²) in [5, 5.41) is 1.76. The van der Waals surface area contributed by atoms with Gasteiger partial charge in [0.1, 0.15) is 36.1 Å². The Hall–Kier alpha value is -4.18. The van der Waals surface area contributed by atoms with E-state index in [0.29, 0.717) is 35.5 Å². The summed E-state index contributed by atoms with van der Waals surface area (Å²) in [6.45, 7) is 12.9. The van der Waals surface area contributed by atoms with Gasteiger partial charge in [0.05, 0.1) is 10.5 Å². The van der Waals surface area contributed by atoms with Gasteiger partial charge in [-0.15, -0.1) is 0 Å². The molecule has 0 spiro atoms. The highest BCUT2D eigenvalue weighted by molar-refractivity contribution is 8.18. The molecule has 5 rings (SSSR count). The van der Waals surface area contributed by atoms with Crippen molar-refractivity contribution in [1.29, 1.82) is 0 Å². The molecule has 3 aromatic rings. The van der Waals surface area contributed by atoms with Crippen LogP contribution < -0.4 is 19.5 Å². The van der Waals surface area contributed by atoms with Gasteiger partial charge in [-0.2, -0.15) is 13.2 Å². The standard InChI is InChI=1S/C36H36F3NO5S/c1-20(2)14-16-43-31-21(3)22(4)32-27(23(31)5)13-15-35(6,45-32)19-44-29-12-7-24(18-30-33(41)40-34(42)46-30)17-28(29)25-8-10-26(11-9-25)36(37,38)39/h7-12,14,17-18H,13,15-16,19H2,1-6H3,(H,40,41,42). The van der Waals surface area contributed by atoms with Crippen molar-refractivity contribution in [3.63, 3.8) is 0 Å². The Morgan fingerprint density at radius 3 is 2.37 bits per heavy atom. The number of thioether (sulfide) groups is 1. The van der Waals surface area contributed by atoms with Crippen LogP contribution in [0.5, 0.6) is 17.2 Å². The second kappa shape index (κ2) is 12.9.